The molecule has 18 heavy (non-hydrogen) atoms. The molecule has 2 unspecified atom stereocenters. The Morgan fingerprint density at radius 3 is 2.50 bits per heavy atom. The van der Waals surface area contributed by atoms with Crippen LogP contribution in [0.15, 0.2) is 0 Å². The van der Waals surface area contributed by atoms with E-state index in [2.05, 4.69) is 32.6 Å². The Hall–Kier alpha value is -0.120. The molecule has 1 heterocycles. The van der Waals surface area contributed by atoms with Gasteiger partial charge in [-0.15, -0.1) is 0 Å². The van der Waals surface area contributed by atoms with E-state index in [1.807, 2.05) is 0 Å². The number of nitrogens with zero attached hydrogens (tertiary/aromatic N) is 1. The van der Waals surface area contributed by atoms with E-state index < -0.39 is 0 Å². The number of ether oxygens (including phenoxy) is 1. The van der Waals surface area contributed by atoms with Gasteiger partial charge in [-0.05, 0) is 32.1 Å². The first-order chi connectivity index (χ1) is 8.31. The van der Waals surface area contributed by atoms with E-state index in [0.29, 0.717) is 12.1 Å². The number of morpholine rings is 1. The van der Waals surface area contributed by atoms with Crippen LogP contribution in [0, 0.1) is 5.41 Å². The Balaban J connectivity index is 2.03. The van der Waals surface area contributed by atoms with E-state index in [1.165, 1.54) is 25.7 Å². The fourth-order valence-electron chi connectivity index (χ4n) is 3.08. The molecule has 106 valence electrons. The van der Waals surface area contributed by atoms with E-state index in [-0.39, 0.29) is 11.0 Å². The van der Waals surface area contributed by atoms with E-state index in [4.69, 9.17) is 10.5 Å². The van der Waals surface area contributed by atoms with E-state index in [1.54, 1.807) is 0 Å². The highest BCUT2D eigenvalue weighted by Crippen LogP contribution is 2.34. The van der Waals surface area contributed by atoms with Crippen molar-refractivity contribution in [2.24, 2.45) is 11.1 Å². The maximum Gasteiger partial charge on any atom is 0.0730 e. The highest BCUT2D eigenvalue weighted by Gasteiger charge is 2.40. The average molecular weight is 254 g/mol. The van der Waals surface area contributed by atoms with Gasteiger partial charge in [0.1, 0.15) is 0 Å². The number of fused-ring (bicyclic) bond motifs is 1. The molecule has 3 heteroatoms. The molecule has 1 saturated carbocycles. The fourth-order valence-corrected chi connectivity index (χ4v) is 3.08. The second kappa shape index (κ2) is 5.10. The summed E-state index contributed by atoms with van der Waals surface area (Å²) >= 11 is 0. The van der Waals surface area contributed by atoms with Crippen LogP contribution in [0.2, 0.25) is 0 Å². The van der Waals surface area contributed by atoms with Crippen molar-refractivity contribution in [1.82, 2.24) is 4.90 Å². The molecule has 0 aromatic rings. The molecule has 3 nitrogen and oxygen atoms in total. The van der Waals surface area contributed by atoms with Gasteiger partial charge in [0.2, 0.25) is 0 Å². The van der Waals surface area contributed by atoms with Crippen molar-refractivity contribution in [1.29, 1.82) is 0 Å². The summed E-state index contributed by atoms with van der Waals surface area (Å²) in [6, 6.07) is 0.633. The van der Waals surface area contributed by atoms with Gasteiger partial charge in [-0.25, -0.2) is 0 Å². The summed E-state index contributed by atoms with van der Waals surface area (Å²) in [7, 11) is 0. The van der Waals surface area contributed by atoms with Crippen molar-refractivity contribution in [3.8, 4) is 0 Å². The predicted octanol–water partition coefficient (Wildman–Crippen LogP) is 2.39. The van der Waals surface area contributed by atoms with Crippen molar-refractivity contribution < 1.29 is 4.74 Å². The quantitative estimate of drug-likeness (QED) is 0.840. The molecule has 2 fully saturated rings. The monoisotopic (exact) mass is 254 g/mol. The van der Waals surface area contributed by atoms with Crippen LogP contribution in [0.25, 0.3) is 0 Å². The topological polar surface area (TPSA) is 38.5 Å². The number of hydrogen-bond acceptors (Lipinski definition) is 3. The third kappa shape index (κ3) is 2.89. The number of hydrogen-bond donors (Lipinski definition) is 1. The molecule has 0 spiro atoms. The van der Waals surface area contributed by atoms with Crippen LogP contribution in [-0.2, 0) is 4.74 Å². The zero-order valence-electron chi connectivity index (χ0n) is 12.5. The Morgan fingerprint density at radius 2 is 1.83 bits per heavy atom. The highest BCUT2D eigenvalue weighted by atomic mass is 16.5. The molecule has 2 atom stereocenters. The first-order valence-electron chi connectivity index (χ1n) is 7.46. The molecule has 1 aliphatic carbocycles. The smallest absolute Gasteiger partial charge is 0.0730 e. The van der Waals surface area contributed by atoms with Gasteiger partial charge in [-0.2, -0.15) is 0 Å². The van der Waals surface area contributed by atoms with Crippen LogP contribution in [0.4, 0.5) is 0 Å². The zero-order chi connectivity index (χ0) is 13.4. The van der Waals surface area contributed by atoms with Crippen molar-refractivity contribution in [2.75, 3.05) is 19.7 Å². The molecule has 2 aliphatic rings. The van der Waals surface area contributed by atoms with Crippen LogP contribution >= 0.6 is 0 Å². The van der Waals surface area contributed by atoms with Gasteiger partial charge in [0.15, 0.2) is 0 Å². The van der Waals surface area contributed by atoms with Gasteiger partial charge in [-0.3, -0.25) is 4.90 Å². The Kier molecular flexibility index (Phi) is 4.05. The molecule has 2 N–H and O–H groups in total. The summed E-state index contributed by atoms with van der Waals surface area (Å²) in [4.78, 5) is 2.64. The zero-order valence-corrected chi connectivity index (χ0v) is 12.5. The predicted molar refractivity (Wildman–Crippen MR) is 75.6 cm³/mol. The highest BCUT2D eigenvalue weighted by molar-refractivity contribution is 4.96. The third-order valence-electron chi connectivity index (χ3n) is 5.19. The maximum absolute atomic E-state index is 6.34. The van der Waals surface area contributed by atoms with Crippen LogP contribution < -0.4 is 5.73 Å². The minimum Gasteiger partial charge on any atom is -0.375 e. The minimum atomic E-state index is -0.143. The normalized spacial score (nSPS) is 31.2. The molecule has 0 aromatic heterocycles. The van der Waals surface area contributed by atoms with E-state index >= 15 is 0 Å². The Labute approximate surface area is 112 Å². The van der Waals surface area contributed by atoms with Crippen molar-refractivity contribution in [3.63, 3.8) is 0 Å². The van der Waals surface area contributed by atoms with Gasteiger partial charge in [-0.1, -0.05) is 26.7 Å². The molecular formula is C15H30N2O. The van der Waals surface area contributed by atoms with Crippen LogP contribution in [0.5, 0.6) is 0 Å². The van der Waals surface area contributed by atoms with Crippen molar-refractivity contribution >= 4 is 0 Å². The minimum absolute atomic E-state index is 0.131. The second-order valence-electron chi connectivity index (χ2n) is 7.34. The van der Waals surface area contributed by atoms with Crippen LogP contribution in [0.1, 0.15) is 53.4 Å². The number of rotatable bonds is 3. The molecule has 0 bridgehead atoms. The third-order valence-corrected chi connectivity index (χ3v) is 5.19. The van der Waals surface area contributed by atoms with Gasteiger partial charge in [0.25, 0.3) is 0 Å². The van der Waals surface area contributed by atoms with Gasteiger partial charge < -0.3 is 10.5 Å². The first kappa shape index (κ1) is 14.3. The van der Waals surface area contributed by atoms with Crippen LogP contribution in [-0.4, -0.2) is 42.3 Å². The summed E-state index contributed by atoms with van der Waals surface area (Å²) in [5.74, 6) is 0. The standard InChI is InChI=1S/C15H30N2O/c1-14(2,15(3,4)16)11-17-9-10-18-13-8-6-5-7-12(13)17/h12-13H,5-11,16H2,1-4H3. The SMILES string of the molecule is CC(C)(N)C(C)(C)CN1CCOC2CCCCC21. The molecule has 1 aliphatic heterocycles. The van der Waals surface area contributed by atoms with Crippen molar-refractivity contribution in [2.45, 2.75) is 71.1 Å². The van der Waals surface area contributed by atoms with Gasteiger partial charge >= 0.3 is 0 Å². The van der Waals surface area contributed by atoms with Crippen LogP contribution in [0.3, 0.4) is 0 Å². The number of nitrogens with two attached hydrogens (primary N) is 1. The van der Waals surface area contributed by atoms with E-state index in [9.17, 15) is 0 Å². The summed E-state index contributed by atoms with van der Waals surface area (Å²) in [5.41, 5.74) is 6.33. The van der Waals surface area contributed by atoms with E-state index in [0.717, 1.165) is 19.7 Å². The molecule has 0 amide bonds. The maximum atomic E-state index is 6.34. The lowest BCUT2D eigenvalue weighted by atomic mass is 9.74. The molecule has 1 saturated heterocycles. The Morgan fingerprint density at radius 1 is 1.17 bits per heavy atom. The summed E-state index contributed by atoms with van der Waals surface area (Å²) in [5, 5.41) is 0. The molecular weight excluding hydrogens is 224 g/mol. The fraction of sp³-hybridized carbons (Fsp3) is 1.00. The molecule has 0 aromatic carbocycles. The Bertz CT molecular complexity index is 281. The molecule has 0 radical (unpaired) electrons. The van der Waals surface area contributed by atoms with Gasteiger partial charge in [0, 0.05) is 24.7 Å². The van der Waals surface area contributed by atoms with Gasteiger partial charge in [0.05, 0.1) is 12.7 Å². The largest absolute Gasteiger partial charge is 0.375 e. The first-order valence-corrected chi connectivity index (χ1v) is 7.46. The average Bonchev–Trinajstić information content (AvgIpc) is 2.27. The van der Waals surface area contributed by atoms with Crippen molar-refractivity contribution in [3.05, 3.63) is 0 Å². The lowest BCUT2D eigenvalue weighted by molar-refractivity contribution is -0.101. The second-order valence-corrected chi connectivity index (χ2v) is 7.34. The molecule has 2 rings (SSSR count). The summed E-state index contributed by atoms with van der Waals surface area (Å²) in [6.07, 6.45) is 5.71. The lowest BCUT2D eigenvalue weighted by Gasteiger charge is -2.49. The summed E-state index contributed by atoms with van der Waals surface area (Å²) in [6.45, 7) is 11.9. The lowest BCUT2D eigenvalue weighted by Crippen LogP contribution is -2.59. The summed E-state index contributed by atoms with van der Waals surface area (Å²) < 4.78 is 5.94.